The van der Waals surface area contributed by atoms with Crippen LogP contribution in [0.15, 0.2) is 29.2 Å². The summed E-state index contributed by atoms with van der Waals surface area (Å²) in [6.45, 7) is 2.98. The van der Waals surface area contributed by atoms with Crippen LogP contribution in [0.4, 0.5) is 4.39 Å². The average Bonchev–Trinajstić information content (AvgIpc) is 2.66. The lowest BCUT2D eigenvalue weighted by Gasteiger charge is -2.32. The maximum atomic E-state index is 13.0. The third-order valence-electron chi connectivity index (χ3n) is 4.72. The van der Waals surface area contributed by atoms with Crippen LogP contribution in [-0.4, -0.2) is 56.6 Å². The van der Waals surface area contributed by atoms with Crippen LogP contribution in [0, 0.1) is 11.7 Å². The summed E-state index contributed by atoms with van der Waals surface area (Å²) < 4.78 is 38.2. The van der Waals surface area contributed by atoms with E-state index in [4.69, 9.17) is 5.73 Å². The zero-order valence-corrected chi connectivity index (χ0v) is 16.2. The summed E-state index contributed by atoms with van der Waals surface area (Å²) >= 11 is 0. The largest absolute Gasteiger partial charge is 0.355 e. The van der Waals surface area contributed by atoms with Crippen LogP contribution in [0.3, 0.4) is 0 Å². The smallest absolute Gasteiger partial charge is 0.224 e. The summed E-state index contributed by atoms with van der Waals surface area (Å²) in [4.78, 5) is 26.2. The molecule has 2 unspecified atom stereocenters. The number of benzene rings is 1. The van der Waals surface area contributed by atoms with Gasteiger partial charge in [0.2, 0.25) is 11.8 Å². The molecule has 0 saturated carbocycles. The van der Waals surface area contributed by atoms with Gasteiger partial charge in [0, 0.05) is 32.6 Å². The second-order valence-corrected chi connectivity index (χ2v) is 9.14. The Hall–Kier alpha value is -2.00. The third kappa shape index (κ3) is 5.49. The Balaban J connectivity index is 1.98. The number of nitrogens with one attached hydrogen (secondary N) is 1. The van der Waals surface area contributed by atoms with Gasteiger partial charge in [0.1, 0.15) is 5.82 Å². The van der Waals surface area contributed by atoms with Crippen LogP contribution >= 0.6 is 0 Å². The summed E-state index contributed by atoms with van der Waals surface area (Å²) in [6, 6.07) is 4.56. The minimum absolute atomic E-state index is 0.0121. The van der Waals surface area contributed by atoms with Gasteiger partial charge in [-0.25, -0.2) is 12.8 Å². The van der Waals surface area contributed by atoms with Crippen LogP contribution in [0.1, 0.15) is 26.2 Å². The summed E-state index contributed by atoms with van der Waals surface area (Å²) in [5, 5.41) is 1.78. The molecule has 3 N–H and O–H groups in total. The molecule has 9 heteroatoms. The van der Waals surface area contributed by atoms with Crippen molar-refractivity contribution in [3.8, 4) is 0 Å². The van der Waals surface area contributed by atoms with E-state index in [1.54, 1.807) is 4.90 Å². The molecule has 2 amide bonds. The molecular formula is C18H26FN3O4S. The van der Waals surface area contributed by atoms with Crippen LogP contribution in [0.2, 0.25) is 0 Å². The highest BCUT2D eigenvalue weighted by Gasteiger charge is 2.31. The third-order valence-corrected chi connectivity index (χ3v) is 6.88. The second-order valence-electron chi connectivity index (χ2n) is 6.77. The Morgan fingerprint density at radius 2 is 2.00 bits per heavy atom. The lowest BCUT2D eigenvalue weighted by atomic mass is 9.96. The number of nitrogens with two attached hydrogens (primary N) is 1. The summed E-state index contributed by atoms with van der Waals surface area (Å²) in [7, 11) is -3.74. The van der Waals surface area contributed by atoms with E-state index in [1.807, 2.05) is 0 Å². The van der Waals surface area contributed by atoms with Crippen molar-refractivity contribution < 1.29 is 22.4 Å². The molecule has 7 nitrogen and oxygen atoms in total. The van der Waals surface area contributed by atoms with Crippen molar-refractivity contribution in [2.75, 3.05) is 26.2 Å². The number of carbonyl (C=O) groups excluding carboxylic acids is 2. The fourth-order valence-corrected chi connectivity index (χ4v) is 4.44. The first kappa shape index (κ1) is 21.3. The molecule has 0 aromatic heterocycles. The van der Waals surface area contributed by atoms with Crippen molar-refractivity contribution >= 4 is 21.7 Å². The second kappa shape index (κ2) is 9.27. The molecule has 1 aromatic rings. The zero-order chi connectivity index (χ0) is 20.0. The summed E-state index contributed by atoms with van der Waals surface area (Å²) in [6.07, 6.45) is 1.19. The number of likely N-dealkylation sites (tertiary alicyclic amines) is 1. The lowest BCUT2D eigenvalue weighted by Crippen LogP contribution is -2.46. The molecular weight excluding hydrogens is 373 g/mol. The van der Waals surface area contributed by atoms with Gasteiger partial charge in [-0.1, -0.05) is 0 Å². The van der Waals surface area contributed by atoms with Crippen molar-refractivity contribution in [1.82, 2.24) is 10.2 Å². The van der Waals surface area contributed by atoms with Gasteiger partial charge in [-0.05, 0) is 44.0 Å². The van der Waals surface area contributed by atoms with E-state index in [1.165, 1.54) is 19.1 Å². The number of piperidine rings is 1. The van der Waals surface area contributed by atoms with E-state index in [0.29, 0.717) is 32.5 Å². The Morgan fingerprint density at radius 3 is 2.63 bits per heavy atom. The Bertz CT molecular complexity index is 767. The van der Waals surface area contributed by atoms with Crippen LogP contribution in [0.5, 0.6) is 0 Å². The molecule has 27 heavy (non-hydrogen) atoms. The van der Waals surface area contributed by atoms with Gasteiger partial charge in [0.15, 0.2) is 9.84 Å². The van der Waals surface area contributed by atoms with E-state index in [-0.39, 0.29) is 35.6 Å². The van der Waals surface area contributed by atoms with Crippen LogP contribution in [0.25, 0.3) is 0 Å². The van der Waals surface area contributed by atoms with Crippen LogP contribution < -0.4 is 11.1 Å². The number of nitrogens with zero attached hydrogens (tertiary/aromatic N) is 1. The predicted octanol–water partition coefficient (Wildman–Crippen LogP) is 0.692. The number of rotatable bonds is 7. The highest BCUT2D eigenvalue weighted by molar-refractivity contribution is 7.92. The van der Waals surface area contributed by atoms with Gasteiger partial charge in [-0.2, -0.15) is 0 Å². The highest BCUT2D eigenvalue weighted by atomic mass is 32.2. The zero-order valence-electron chi connectivity index (χ0n) is 15.4. The summed E-state index contributed by atoms with van der Waals surface area (Å²) in [5.41, 5.74) is 5.38. The van der Waals surface area contributed by atoms with Gasteiger partial charge in [-0.15, -0.1) is 0 Å². The van der Waals surface area contributed by atoms with Gasteiger partial charge in [-0.3, -0.25) is 9.59 Å². The molecule has 0 spiro atoms. The number of hydrogen-bond donors (Lipinski definition) is 2. The first-order valence-corrected chi connectivity index (χ1v) is 10.6. The van der Waals surface area contributed by atoms with Crippen molar-refractivity contribution in [3.63, 3.8) is 0 Å². The normalized spacial score (nSPS) is 18.8. The maximum absolute atomic E-state index is 13.0. The molecule has 0 bridgehead atoms. The van der Waals surface area contributed by atoms with Gasteiger partial charge in [0.05, 0.1) is 16.1 Å². The van der Waals surface area contributed by atoms with E-state index >= 15 is 0 Å². The van der Waals surface area contributed by atoms with E-state index in [0.717, 1.165) is 12.1 Å². The van der Waals surface area contributed by atoms with Crippen molar-refractivity contribution in [2.24, 2.45) is 11.7 Å². The Morgan fingerprint density at radius 1 is 1.33 bits per heavy atom. The average molecular weight is 399 g/mol. The fraction of sp³-hybridized carbons (Fsp3) is 0.556. The molecule has 1 aliphatic heterocycles. The quantitative estimate of drug-likeness (QED) is 0.656. The first-order valence-electron chi connectivity index (χ1n) is 9.00. The molecule has 1 saturated heterocycles. The first-order chi connectivity index (χ1) is 12.8. The van der Waals surface area contributed by atoms with Crippen LogP contribution in [-0.2, 0) is 19.4 Å². The molecule has 1 heterocycles. The number of carbonyl (C=O) groups is 2. The number of sulfone groups is 1. The summed E-state index contributed by atoms with van der Waals surface area (Å²) in [5.74, 6) is -1.27. The molecule has 2 rings (SSSR count). The SMILES string of the molecule is CC(CC(=O)N1CCCC(C(=O)NCCN)C1)S(=O)(=O)c1ccc(F)cc1. The highest BCUT2D eigenvalue weighted by Crippen LogP contribution is 2.22. The monoisotopic (exact) mass is 399 g/mol. The Kier molecular flexibility index (Phi) is 7.32. The fourth-order valence-electron chi connectivity index (χ4n) is 3.10. The van der Waals surface area contributed by atoms with Gasteiger partial charge < -0.3 is 16.0 Å². The molecule has 2 atom stereocenters. The molecule has 150 valence electrons. The minimum atomic E-state index is -3.74. The number of hydrogen-bond acceptors (Lipinski definition) is 5. The topological polar surface area (TPSA) is 110 Å². The molecule has 0 aliphatic carbocycles. The predicted molar refractivity (Wildman–Crippen MR) is 99.0 cm³/mol. The van der Waals surface area contributed by atoms with E-state index < -0.39 is 20.9 Å². The minimum Gasteiger partial charge on any atom is -0.355 e. The van der Waals surface area contributed by atoms with E-state index in [9.17, 15) is 22.4 Å². The number of amides is 2. The molecule has 1 aromatic carbocycles. The van der Waals surface area contributed by atoms with Crippen molar-refractivity contribution in [3.05, 3.63) is 30.1 Å². The molecule has 1 aliphatic rings. The van der Waals surface area contributed by atoms with Crippen molar-refractivity contribution in [2.45, 2.75) is 36.3 Å². The lowest BCUT2D eigenvalue weighted by molar-refractivity contribution is -0.135. The Labute approximate surface area is 159 Å². The molecule has 1 fully saturated rings. The van der Waals surface area contributed by atoms with Gasteiger partial charge >= 0.3 is 0 Å². The van der Waals surface area contributed by atoms with E-state index in [2.05, 4.69) is 5.32 Å². The standard InChI is InChI=1S/C18H26FN3O4S/c1-13(27(25,26)16-6-4-15(19)5-7-16)11-17(23)22-10-2-3-14(12-22)18(24)21-9-8-20/h4-7,13-14H,2-3,8-12,20H2,1H3,(H,21,24). The van der Waals surface area contributed by atoms with Crippen molar-refractivity contribution in [1.29, 1.82) is 0 Å². The maximum Gasteiger partial charge on any atom is 0.224 e. The molecule has 0 radical (unpaired) electrons. The van der Waals surface area contributed by atoms with Gasteiger partial charge in [0.25, 0.3) is 0 Å². The number of halogens is 1.